The highest BCUT2D eigenvalue weighted by atomic mass is 19.1. The first kappa shape index (κ1) is 15.1. The Bertz CT molecular complexity index is 501. The number of carbonyl (C=O) groups is 1. The van der Waals surface area contributed by atoms with Crippen LogP contribution < -0.4 is 5.32 Å². The molecule has 0 amide bonds. The monoisotopic (exact) mass is 264 g/mol. The number of hydrogen-bond donors (Lipinski definition) is 1. The van der Waals surface area contributed by atoms with Crippen molar-refractivity contribution in [3.05, 3.63) is 35.1 Å². The third kappa shape index (κ3) is 5.49. The topological polar surface area (TPSA) is 62.1 Å². The summed E-state index contributed by atoms with van der Waals surface area (Å²) in [6.07, 6.45) is 0. The third-order valence-corrected chi connectivity index (χ3v) is 2.17. The molecule has 0 spiro atoms. The number of nitrogens with zero attached hydrogens (tertiary/aromatic N) is 1. The molecule has 4 nitrogen and oxygen atoms in total. The fraction of sp³-hybridized carbons (Fsp3) is 0.429. The molecule has 0 aliphatic rings. The number of ether oxygens (including phenoxy) is 1. The highest BCUT2D eigenvalue weighted by molar-refractivity contribution is 5.72. The lowest BCUT2D eigenvalue weighted by Gasteiger charge is -2.19. The molecule has 0 heterocycles. The van der Waals surface area contributed by atoms with Gasteiger partial charge in [-0.05, 0) is 38.5 Å². The molecule has 1 N–H and O–H groups in total. The molecule has 0 atom stereocenters. The summed E-state index contributed by atoms with van der Waals surface area (Å²) < 4.78 is 18.2. The van der Waals surface area contributed by atoms with E-state index in [1.165, 1.54) is 12.1 Å². The average Bonchev–Trinajstić information content (AvgIpc) is 2.29. The zero-order valence-electron chi connectivity index (χ0n) is 11.3. The molecule has 1 aromatic rings. The highest BCUT2D eigenvalue weighted by Crippen LogP contribution is 2.09. The van der Waals surface area contributed by atoms with E-state index in [9.17, 15) is 9.18 Å². The number of benzene rings is 1. The molecule has 0 fully saturated rings. The van der Waals surface area contributed by atoms with Gasteiger partial charge >= 0.3 is 5.97 Å². The zero-order chi connectivity index (χ0) is 14.5. The molecule has 0 bridgehead atoms. The fourth-order valence-corrected chi connectivity index (χ4v) is 1.45. The zero-order valence-corrected chi connectivity index (χ0v) is 11.3. The molecule has 1 rings (SSSR count). The first-order chi connectivity index (χ1) is 8.81. The Kier molecular flexibility index (Phi) is 5.02. The third-order valence-electron chi connectivity index (χ3n) is 2.17. The number of nitriles is 1. The second-order valence-electron chi connectivity index (χ2n) is 5.12. The molecule has 5 heteroatoms. The van der Waals surface area contributed by atoms with Gasteiger partial charge in [0.15, 0.2) is 0 Å². The predicted octanol–water partition coefficient (Wildman–Crippen LogP) is 2.13. The maximum absolute atomic E-state index is 13.1. The van der Waals surface area contributed by atoms with Gasteiger partial charge in [-0.15, -0.1) is 0 Å². The van der Waals surface area contributed by atoms with Crippen LogP contribution in [0.5, 0.6) is 0 Å². The minimum atomic E-state index is -0.543. The van der Waals surface area contributed by atoms with Gasteiger partial charge in [-0.1, -0.05) is 6.07 Å². The van der Waals surface area contributed by atoms with E-state index in [0.29, 0.717) is 6.54 Å². The van der Waals surface area contributed by atoms with Crippen molar-refractivity contribution in [2.45, 2.75) is 32.9 Å². The lowest BCUT2D eigenvalue weighted by molar-refractivity contribution is -0.153. The summed E-state index contributed by atoms with van der Waals surface area (Å²) in [4.78, 5) is 11.4. The summed E-state index contributed by atoms with van der Waals surface area (Å²) in [6.45, 7) is 5.82. The van der Waals surface area contributed by atoms with Gasteiger partial charge in [-0.25, -0.2) is 4.39 Å². The van der Waals surface area contributed by atoms with Crippen molar-refractivity contribution in [3.8, 4) is 6.07 Å². The Hall–Kier alpha value is -1.93. The van der Waals surface area contributed by atoms with Crippen molar-refractivity contribution in [1.29, 1.82) is 5.26 Å². The number of esters is 1. The van der Waals surface area contributed by atoms with E-state index in [4.69, 9.17) is 10.00 Å². The molecule has 0 saturated heterocycles. The van der Waals surface area contributed by atoms with Crippen LogP contribution in [0.1, 0.15) is 31.9 Å². The maximum Gasteiger partial charge on any atom is 0.320 e. The molecule has 0 aliphatic carbocycles. The van der Waals surface area contributed by atoms with E-state index >= 15 is 0 Å². The first-order valence-electron chi connectivity index (χ1n) is 5.93. The SMILES string of the molecule is CC(C)(C)OC(=O)CNCc1ccc(F)c(C#N)c1. The van der Waals surface area contributed by atoms with Gasteiger partial charge in [-0.3, -0.25) is 4.79 Å². The summed E-state index contributed by atoms with van der Waals surface area (Å²) in [5, 5.41) is 11.6. The fourth-order valence-electron chi connectivity index (χ4n) is 1.45. The van der Waals surface area contributed by atoms with Crippen LogP contribution in [0.4, 0.5) is 4.39 Å². The van der Waals surface area contributed by atoms with E-state index in [1.807, 2.05) is 0 Å². The summed E-state index contributed by atoms with van der Waals surface area (Å²) in [7, 11) is 0. The first-order valence-corrected chi connectivity index (χ1v) is 5.93. The minimum Gasteiger partial charge on any atom is -0.459 e. The molecular weight excluding hydrogens is 247 g/mol. The number of carbonyl (C=O) groups excluding carboxylic acids is 1. The molecular formula is C14H17FN2O2. The van der Waals surface area contributed by atoms with Gasteiger partial charge in [0.2, 0.25) is 0 Å². The van der Waals surface area contributed by atoms with Gasteiger partial charge in [0, 0.05) is 6.54 Å². The van der Waals surface area contributed by atoms with E-state index in [-0.39, 0.29) is 18.1 Å². The van der Waals surface area contributed by atoms with E-state index in [1.54, 1.807) is 32.9 Å². The van der Waals surface area contributed by atoms with Gasteiger partial charge in [0.25, 0.3) is 0 Å². The van der Waals surface area contributed by atoms with E-state index in [0.717, 1.165) is 5.56 Å². The molecule has 102 valence electrons. The Morgan fingerprint density at radius 3 is 2.74 bits per heavy atom. The lowest BCUT2D eigenvalue weighted by atomic mass is 10.1. The van der Waals surface area contributed by atoms with Gasteiger partial charge in [-0.2, -0.15) is 5.26 Å². The quantitative estimate of drug-likeness (QED) is 0.846. The lowest BCUT2D eigenvalue weighted by Crippen LogP contribution is -2.31. The van der Waals surface area contributed by atoms with Crippen LogP contribution in [0.25, 0.3) is 0 Å². The van der Waals surface area contributed by atoms with Crippen molar-refractivity contribution in [1.82, 2.24) is 5.32 Å². The Morgan fingerprint density at radius 2 is 2.16 bits per heavy atom. The molecule has 0 aromatic heterocycles. The molecule has 0 saturated carbocycles. The van der Waals surface area contributed by atoms with Crippen LogP contribution in [0.3, 0.4) is 0 Å². The number of halogens is 1. The molecule has 0 radical (unpaired) electrons. The molecule has 19 heavy (non-hydrogen) atoms. The number of rotatable bonds is 4. The van der Waals surface area contributed by atoms with Crippen molar-refractivity contribution in [2.24, 2.45) is 0 Å². The van der Waals surface area contributed by atoms with Gasteiger partial charge in [0.05, 0.1) is 12.1 Å². The average molecular weight is 264 g/mol. The van der Waals surface area contributed by atoms with Crippen molar-refractivity contribution >= 4 is 5.97 Å². The Labute approximate surface area is 112 Å². The smallest absolute Gasteiger partial charge is 0.320 e. The normalized spacial score (nSPS) is 10.9. The van der Waals surface area contributed by atoms with Crippen molar-refractivity contribution in [3.63, 3.8) is 0 Å². The van der Waals surface area contributed by atoms with Crippen LogP contribution in [0.2, 0.25) is 0 Å². The standard InChI is InChI=1S/C14H17FN2O2/c1-14(2,3)19-13(18)9-17-8-10-4-5-12(15)11(6-10)7-16/h4-6,17H,8-9H2,1-3H3. The van der Waals surface area contributed by atoms with E-state index in [2.05, 4.69) is 5.32 Å². The van der Waals surface area contributed by atoms with Crippen LogP contribution in [0, 0.1) is 17.1 Å². The van der Waals surface area contributed by atoms with Crippen LogP contribution >= 0.6 is 0 Å². The Balaban J connectivity index is 2.46. The largest absolute Gasteiger partial charge is 0.459 e. The second kappa shape index (κ2) is 6.30. The van der Waals surface area contributed by atoms with E-state index < -0.39 is 11.4 Å². The summed E-state index contributed by atoms with van der Waals surface area (Å²) in [6, 6.07) is 6.03. The summed E-state index contributed by atoms with van der Waals surface area (Å²) in [5.74, 6) is -0.895. The molecule has 0 aliphatic heterocycles. The minimum absolute atomic E-state index is 0.00318. The van der Waals surface area contributed by atoms with Gasteiger partial charge in [0.1, 0.15) is 17.5 Å². The summed E-state index contributed by atoms with van der Waals surface area (Å²) in [5.41, 5.74) is 0.223. The highest BCUT2D eigenvalue weighted by Gasteiger charge is 2.15. The number of nitrogens with one attached hydrogen (secondary N) is 1. The second-order valence-corrected chi connectivity index (χ2v) is 5.12. The predicted molar refractivity (Wildman–Crippen MR) is 68.7 cm³/mol. The van der Waals surface area contributed by atoms with Crippen molar-refractivity contribution < 1.29 is 13.9 Å². The van der Waals surface area contributed by atoms with Gasteiger partial charge < -0.3 is 10.1 Å². The number of hydrogen-bond acceptors (Lipinski definition) is 4. The van der Waals surface area contributed by atoms with Crippen LogP contribution in [0.15, 0.2) is 18.2 Å². The molecule has 1 aromatic carbocycles. The summed E-state index contributed by atoms with van der Waals surface area (Å²) >= 11 is 0. The molecule has 0 unspecified atom stereocenters. The Morgan fingerprint density at radius 1 is 1.47 bits per heavy atom. The van der Waals surface area contributed by atoms with Crippen LogP contribution in [-0.2, 0) is 16.1 Å². The maximum atomic E-state index is 13.1. The van der Waals surface area contributed by atoms with Crippen molar-refractivity contribution in [2.75, 3.05) is 6.54 Å². The van der Waals surface area contributed by atoms with Crippen LogP contribution in [-0.4, -0.2) is 18.1 Å².